The van der Waals surface area contributed by atoms with Gasteiger partial charge in [0.1, 0.15) is 11.5 Å². The Hall–Kier alpha value is -2.61. The van der Waals surface area contributed by atoms with Crippen molar-refractivity contribution < 1.29 is 19.4 Å². The summed E-state index contributed by atoms with van der Waals surface area (Å²) in [6.45, 7) is 2.46. The van der Waals surface area contributed by atoms with Crippen molar-refractivity contribution in [2.24, 2.45) is 0 Å². The first-order valence-electron chi connectivity index (χ1n) is 7.42. The Morgan fingerprint density at radius 2 is 2.29 bits per heavy atom. The number of likely N-dealkylation sites (tertiary alicyclic amines) is 1. The Kier molecular flexibility index (Phi) is 4.39. The van der Waals surface area contributed by atoms with Crippen molar-refractivity contribution in [1.82, 2.24) is 9.88 Å². The molecule has 24 heavy (non-hydrogen) atoms. The van der Waals surface area contributed by atoms with E-state index in [1.807, 2.05) is 12.3 Å². The van der Waals surface area contributed by atoms with Crippen LogP contribution in [-0.2, 0) is 4.79 Å². The molecule has 1 aliphatic rings. The van der Waals surface area contributed by atoms with Crippen molar-refractivity contribution in [3.63, 3.8) is 0 Å². The van der Waals surface area contributed by atoms with E-state index in [9.17, 15) is 14.7 Å². The van der Waals surface area contributed by atoms with E-state index >= 15 is 0 Å². The Morgan fingerprint density at radius 3 is 2.92 bits per heavy atom. The minimum atomic E-state index is -0.558. The first kappa shape index (κ1) is 16.3. The Balaban J connectivity index is 1.76. The van der Waals surface area contributed by atoms with Crippen LogP contribution in [0.1, 0.15) is 22.5 Å². The summed E-state index contributed by atoms with van der Waals surface area (Å²) in [5, 5.41) is 14.8. The predicted octanol–water partition coefficient (Wildman–Crippen LogP) is 2.02. The van der Waals surface area contributed by atoms with Gasteiger partial charge in [-0.3, -0.25) is 14.9 Å². The third kappa shape index (κ3) is 3.33. The maximum Gasteiger partial charge on any atom is 0.263 e. The summed E-state index contributed by atoms with van der Waals surface area (Å²) in [4.78, 5) is 30.0. The fourth-order valence-electron chi connectivity index (χ4n) is 2.41. The van der Waals surface area contributed by atoms with Crippen LogP contribution in [-0.4, -0.2) is 46.5 Å². The highest BCUT2D eigenvalue weighted by molar-refractivity contribution is 7.13. The molecule has 2 N–H and O–H groups in total. The van der Waals surface area contributed by atoms with Gasteiger partial charge in [-0.1, -0.05) is 0 Å². The quantitative estimate of drug-likeness (QED) is 0.883. The summed E-state index contributed by atoms with van der Waals surface area (Å²) < 4.78 is 5.66. The number of hydrogen-bond donors (Lipinski definition) is 2. The van der Waals surface area contributed by atoms with Gasteiger partial charge in [0.25, 0.3) is 11.8 Å². The van der Waals surface area contributed by atoms with E-state index in [-0.39, 0.29) is 17.2 Å². The monoisotopic (exact) mass is 347 g/mol. The van der Waals surface area contributed by atoms with E-state index in [1.165, 1.54) is 29.5 Å². The van der Waals surface area contributed by atoms with Crippen molar-refractivity contribution in [3.05, 3.63) is 34.8 Å². The number of aryl methyl sites for hydroxylation is 1. The lowest BCUT2D eigenvalue weighted by atomic mass is 10.1. The van der Waals surface area contributed by atoms with E-state index < -0.39 is 12.0 Å². The fourth-order valence-corrected chi connectivity index (χ4v) is 3.09. The molecule has 1 aromatic heterocycles. The molecule has 0 radical (unpaired) electrons. The second-order valence-corrected chi connectivity index (χ2v) is 6.44. The van der Waals surface area contributed by atoms with Gasteiger partial charge in [0, 0.05) is 25.4 Å². The first-order valence-corrected chi connectivity index (χ1v) is 8.30. The van der Waals surface area contributed by atoms with Crippen LogP contribution in [0.4, 0.5) is 5.13 Å². The van der Waals surface area contributed by atoms with Gasteiger partial charge in [0.15, 0.2) is 11.2 Å². The number of ether oxygens (including phenoxy) is 1. The van der Waals surface area contributed by atoms with Gasteiger partial charge in [0.2, 0.25) is 0 Å². The summed E-state index contributed by atoms with van der Waals surface area (Å²) in [7, 11) is 1.72. The summed E-state index contributed by atoms with van der Waals surface area (Å²) in [5.74, 6) is -0.376. The van der Waals surface area contributed by atoms with E-state index in [0.29, 0.717) is 23.8 Å². The largest absolute Gasteiger partial charge is 0.507 e. The average Bonchev–Trinajstić information content (AvgIpc) is 3.09. The number of thiazole rings is 1. The van der Waals surface area contributed by atoms with Crippen LogP contribution >= 0.6 is 11.3 Å². The average molecular weight is 347 g/mol. The predicted molar refractivity (Wildman–Crippen MR) is 89.6 cm³/mol. The zero-order valence-electron chi connectivity index (χ0n) is 13.3. The van der Waals surface area contributed by atoms with Gasteiger partial charge in [0.05, 0.1) is 11.3 Å². The number of rotatable bonds is 4. The number of amides is 2. The van der Waals surface area contributed by atoms with Crippen molar-refractivity contribution in [1.29, 1.82) is 0 Å². The lowest BCUT2D eigenvalue weighted by molar-refractivity contribution is -0.132. The summed E-state index contributed by atoms with van der Waals surface area (Å²) in [6, 6.07) is 4.34. The molecule has 0 saturated carbocycles. The Bertz CT molecular complexity index is 789. The maximum atomic E-state index is 12.3. The molecule has 3 rings (SSSR count). The molecule has 2 aromatic rings. The number of nitrogens with one attached hydrogen (secondary N) is 1. The molecule has 2 amide bonds. The lowest BCUT2D eigenvalue weighted by Gasteiger charge is -2.14. The zero-order chi connectivity index (χ0) is 17.3. The molecule has 0 unspecified atom stereocenters. The second kappa shape index (κ2) is 6.48. The van der Waals surface area contributed by atoms with Crippen LogP contribution in [0, 0.1) is 6.92 Å². The fraction of sp³-hybridized carbons (Fsp3) is 0.312. The molecule has 1 aromatic carbocycles. The molecule has 0 bridgehead atoms. The standard InChI is InChI=1S/C16H17N3O4S/c1-9-8-24-16(17-9)18-14(21)11-7-10(3-4-12(11)20)23-13-5-6-19(2)15(13)22/h3-4,7-8,13,20H,5-6H2,1-2H3,(H,17,18,21)/t13-/m1/s1. The summed E-state index contributed by atoms with van der Waals surface area (Å²) >= 11 is 1.30. The Morgan fingerprint density at radius 1 is 1.50 bits per heavy atom. The highest BCUT2D eigenvalue weighted by atomic mass is 32.1. The lowest BCUT2D eigenvalue weighted by Crippen LogP contribution is -2.29. The minimum Gasteiger partial charge on any atom is -0.507 e. The number of aromatic nitrogens is 1. The molecular formula is C16H17N3O4S. The number of anilines is 1. The second-order valence-electron chi connectivity index (χ2n) is 5.58. The van der Waals surface area contributed by atoms with E-state index in [1.54, 1.807) is 11.9 Å². The molecule has 1 fully saturated rings. The topological polar surface area (TPSA) is 91.8 Å². The third-order valence-electron chi connectivity index (χ3n) is 3.71. The molecule has 8 heteroatoms. The van der Waals surface area contributed by atoms with Gasteiger partial charge in [-0.15, -0.1) is 11.3 Å². The van der Waals surface area contributed by atoms with Crippen LogP contribution in [0.3, 0.4) is 0 Å². The molecule has 126 valence electrons. The van der Waals surface area contributed by atoms with E-state index in [4.69, 9.17) is 4.74 Å². The van der Waals surface area contributed by atoms with Crippen LogP contribution in [0.2, 0.25) is 0 Å². The zero-order valence-corrected chi connectivity index (χ0v) is 14.1. The van der Waals surface area contributed by atoms with Crippen LogP contribution in [0.15, 0.2) is 23.6 Å². The number of likely N-dealkylation sites (N-methyl/N-ethyl adjacent to an activating group) is 1. The number of benzene rings is 1. The number of aromatic hydroxyl groups is 1. The molecule has 1 atom stereocenters. The molecule has 1 aliphatic heterocycles. The highest BCUT2D eigenvalue weighted by Gasteiger charge is 2.31. The van der Waals surface area contributed by atoms with E-state index in [2.05, 4.69) is 10.3 Å². The van der Waals surface area contributed by atoms with Gasteiger partial charge in [-0.25, -0.2) is 4.98 Å². The summed E-state index contributed by atoms with van der Waals surface area (Å²) in [6.07, 6.45) is 0.0351. The van der Waals surface area contributed by atoms with Gasteiger partial charge >= 0.3 is 0 Å². The number of carbonyl (C=O) groups excluding carboxylic acids is 2. The normalized spacial score (nSPS) is 17.2. The highest BCUT2D eigenvalue weighted by Crippen LogP contribution is 2.27. The van der Waals surface area contributed by atoms with Gasteiger partial charge in [-0.05, 0) is 25.1 Å². The van der Waals surface area contributed by atoms with Crippen molar-refractivity contribution >= 4 is 28.3 Å². The Labute approximate surface area is 142 Å². The number of nitrogens with zero attached hydrogens (tertiary/aromatic N) is 2. The number of carbonyl (C=O) groups is 2. The molecular weight excluding hydrogens is 330 g/mol. The third-order valence-corrected chi connectivity index (χ3v) is 4.58. The van der Waals surface area contributed by atoms with Crippen molar-refractivity contribution in [2.45, 2.75) is 19.4 Å². The van der Waals surface area contributed by atoms with Gasteiger partial charge in [-0.2, -0.15) is 0 Å². The number of phenols is 1. The SMILES string of the molecule is Cc1csc(NC(=O)c2cc(O[C@@H]3CCN(C)C3=O)ccc2O)n1. The molecule has 1 saturated heterocycles. The van der Waals surface area contributed by atoms with Crippen LogP contribution < -0.4 is 10.1 Å². The molecule has 0 spiro atoms. The summed E-state index contributed by atoms with van der Waals surface area (Å²) in [5.41, 5.74) is 0.875. The minimum absolute atomic E-state index is 0.0687. The maximum absolute atomic E-state index is 12.3. The van der Waals surface area contributed by atoms with Crippen LogP contribution in [0.25, 0.3) is 0 Å². The molecule has 7 nitrogen and oxygen atoms in total. The van der Waals surface area contributed by atoms with Crippen molar-refractivity contribution in [2.75, 3.05) is 18.9 Å². The first-order chi connectivity index (χ1) is 11.4. The van der Waals surface area contributed by atoms with E-state index in [0.717, 1.165) is 5.69 Å². The number of phenolic OH excluding ortho intramolecular Hbond substituents is 1. The van der Waals surface area contributed by atoms with Crippen molar-refractivity contribution in [3.8, 4) is 11.5 Å². The van der Waals surface area contributed by atoms with Crippen LogP contribution in [0.5, 0.6) is 11.5 Å². The smallest absolute Gasteiger partial charge is 0.263 e. The number of hydrogen-bond acceptors (Lipinski definition) is 6. The molecule has 0 aliphatic carbocycles. The van der Waals surface area contributed by atoms with Gasteiger partial charge < -0.3 is 14.7 Å². The molecule has 2 heterocycles.